The van der Waals surface area contributed by atoms with Crippen LogP contribution in [0.5, 0.6) is 0 Å². The van der Waals surface area contributed by atoms with Crippen molar-refractivity contribution < 1.29 is 23.5 Å². The third-order valence-electron chi connectivity index (χ3n) is 2.21. The molecule has 0 bridgehead atoms. The van der Waals surface area contributed by atoms with Crippen LogP contribution in [0.2, 0.25) is 5.02 Å². The zero-order valence-electron chi connectivity index (χ0n) is 11.0. The number of imide groups is 1. The largest absolute Gasteiger partial charge is 0.452 e. The fraction of sp³-hybridized carbons (Fsp3) is 0.154. The van der Waals surface area contributed by atoms with Gasteiger partial charge in [-0.25, -0.2) is 14.0 Å². The first-order chi connectivity index (χ1) is 9.93. The first-order valence-corrected chi connectivity index (χ1v) is 6.12. The first kappa shape index (κ1) is 16.6. The van der Waals surface area contributed by atoms with Gasteiger partial charge in [0.1, 0.15) is 5.82 Å². The monoisotopic (exact) mass is 314 g/mol. The molecule has 0 saturated carbocycles. The minimum atomic E-state index is -0.874. The summed E-state index contributed by atoms with van der Waals surface area (Å²) < 4.78 is 18.0. The molecule has 1 rings (SSSR count). The van der Waals surface area contributed by atoms with Crippen molar-refractivity contribution in [2.75, 3.05) is 13.7 Å². The molecule has 0 heterocycles. The van der Waals surface area contributed by atoms with Crippen LogP contribution in [0, 0.1) is 5.82 Å². The van der Waals surface area contributed by atoms with Crippen molar-refractivity contribution >= 4 is 35.6 Å². The second-order valence-corrected chi connectivity index (χ2v) is 4.11. The summed E-state index contributed by atoms with van der Waals surface area (Å²) in [6.45, 7) is -0.637. The highest BCUT2D eigenvalue weighted by Gasteiger charge is 2.09. The summed E-state index contributed by atoms with van der Waals surface area (Å²) in [6.07, 6.45) is 2.06. The molecule has 0 aliphatic heterocycles. The molecule has 3 amide bonds. The fourth-order valence-corrected chi connectivity index (χ4v) is 1.46. The van der Waals surface area contributed by atoms with Gasteiger partial charge in [0.2, 0.25) is 0 Å². The van der Waals surface area contributed by atoms with Gasteiger partial charge in [-0.3, -0.25) is 10.1 Å². The molecule has 1 aromatic carbocycles. The van der Waals surface area contributed by atoms with E-state index in [0.717, 1.165) is 12.2 Å². The lowest BCUT2D eigenvalue weighted by Gasteiger charge is -2.03. The van der Waals surface area contributed by atoms with Gasteiger partial charge in [-0.1, -0.05) is 17.7 Å². The second kappa shape index (κ2) is 8.01. The minimum absolute atomic E-state index is 0.0333. The molecule has 8 heteroatoms. The lowest BCUT2D eigenvalue weighted by Crippen LogP contribution is -2.39. The summed E-state index contributed by atoms with van der Waals surface area (Å²) >= 11 is 5.76. The summed E-state index contributed by atoms with van der Waals surface area (Å²) in [5.41, 5.74) is 0.0333. The minimum Gasteiger partial charge on any atom is -0.452 e. The van der Waals surface area contributed by atoms with E-state index in [4.69, 9.17) is 11.6 Å². The van der Waals surface area contributed by atoms with Gasteiger partial charge in [0.25, 0.3) is 5.91 Å². The van der Waals surface area contributed by atoms with Crippen LogP contribution < -0.4 is 10.6 Å². The molecule has 1 aromatic rings. The molecule has 0 saturated heterocycles. The van der Waals surface area contributed by atoms with Crippen molar-refractivity contribution in [1.29, 1.82) is 0 Å². The summed E-state index contributed by atoms with van der Waals surface area (Å²) in [6, 6.07) is 3.36. The summed E-state index contributed by atoms with van der Waals surface area (Å²) in [5, 5.41) is 4.20. The number of carbonyl (C=O) groups excluding carboxylic acids is 3. The number of amides is 3. The highest BCUT2D eigenvalue weighted by atomic mass is 35.5. The maximum Gasteiger partial charge on any atom is 0.331 e. The van der Waals surface area contributed by atoms with Crippen LogP contribution in [-0.4, -0.2) is 31.6 Å². The SMILES string of the molecule is CNC(=O)NC(=O)COC(=O)/C=C/c1c(F)cccc1Cl. The molecule has 0 spiro atoms. The van der Waals surface area contributed by atoms with E-state index in [0.29, 0.717) is 0 Å². The van der Waals surface area contributed by atoms with Gasteiger partial charge < -0.3 is 10.1 Å². The van der Waals surface area contributed by atoms with Crippen molar-refractivity contribution in [3.63, 3.8) is 0 Å². The molecule has 0 aliphatic carbocycles. The molecule has 0 aliphatic rings. The van der Waals surface area contributed by atoms with Crippen LogP contribution in [0.1, 0.15) is 5.56 Å². The smallest absolute Gasteiger partial charge is 0.331 e. The number of esters is 1. The van der Waals surface area contributed by atoms with Crippen molar-refractivity contribution in [3.8, 4) is 0 Å². The van der Waals surface area contributed by atoms with Gasteiger partial charge in [-0.2, -0.15) is 0 Å². The highest BCUT2D eigenvalue weighted by Crippen LogP contribution is 2.20. The van der Waals surface area contributed by atoms with Gasteiger partial charge in [0, 0.05) is 18.7 Å². The van der Waals surface area contributed by atoms with E-state index in [1.165, 1.54) is 25.2 Å². The van der Waals surface area contributed by atoms with Crippen molar-refractivity contribution in [2.45, 2.75) is 0 Å². The third-order valence-corrected chi connectivity index (χ3v) is 2.54. The van der Waals surface area contributed by atoms with Crippen LogP contribution in [0.15, 0.2) is 24.3 Å². The highest BCUT2D eigenvalue weighted by molar-refractivity contribution is 6.32. The van der Waals surface area contributed by atoms with Crippen LogP contribution in [0.25, 0.3) is 6.08 Å². The quantitative estimate of drug-likeness (QED) is 0.651. The van der Waals surface area contributed by atoms with Gasteiger partial charge >= 0.3 is 12.0 Å². The molecule has 0 radical (unpaired) electrons. The fourth-order valence-electron chi connectivity index (χ4n) is 1.23. The van der Waals surface area contributed by atoms with Gasteiger partial charge in [-0.05, 0) is 18.2 Å². The molecule has 21 heavy (non-hydrogen) atoms. The van der Waals surface area contributed by atoms with E-state index < -0.39 is 30.3 Å². The number of hydrogen-bond acceptors (Lipinski definition) is 4. The Balaban J connectivity index is 2.52. The Kier molecular flexibility index (Phi) is 6.35. The molecule has 0 fully saturated rings. The second-order valence-electron chi connectivity index (χ2n) is 3.70. The summed E-state index contributed by atoms with van der Waals surface area (Å²) in [4.78, 5) is 33.3. The average molecular weight is 315 g/mol. The van der Waals surface area contributed by atoms with Gasteiger partial charge in [-0.15, -0.1) is 0 Å². The predicted molar refractivity (Wildman–Crippen MR) is 74.0 cm³/mol. The maximum absolute atomic E-state index is 13.4. The standard InChI is InChI=1S/C13H12ClFN2O4/c1-16-13(20)17-11(18)7-21-12(19)6-5-8-9(14)3-2-4-10(8)15/h2-6H,7H2,1H3,(H2,16,17,18,20)/b6-5+. The number of halogens is 2. The molecular formula is C13H12ClFN2O4. The Morgan fingerprint density at radius 1 is 1.38 bits per heavy atom. The van der Waals surface area contributed by atoms with Gasteiger partial charge in [0.15, 0.2) is 6.61 Å². The maximum atomic E-state index is 13.4. The molecule has 0 atom stereocenters. The van der Waals surface area contributed by atoms with Gasteiger partial charge in [0.05, 0.1) is 5.02 Å². The molecule has 6 nitrogen and oxygen atoms in total. The number of rotatable bonds is 4. The number of nitrogens with one attached hydrogen (secondary N) is 2. The zero-order chi connectivity index (χ0) is 15.8. The van der Waals surface area contributed by atoms with Crippen LogP contribution >= 0.6 is 11.6 Å². The molecule has 0 aromatic heterocycles. The Morgan fingerprint density at radius 2 is 2.10 bits per heavy atom. The number of benzene rings is 1. The topological polar surface area (TPSA) is 84.5 Å². The Hall–Kier alpha value is -2.41. The van der Waals surface area contributed by atoms with E-state index in [2.05, 4.69) is 10.1 Å². The Morgan fingerprint density at radius 3 is 2.71 bits per heavy atom. The number of carbonyl (C=O) groups is 3. The predicted octanol–water partition coefficient (Wildman–Crippen LogP) is 1.49. The van der Waals surface area contributed by atoms with E-state index in [1.54, 1.807) is 0 Å². The van der Waals surface area contributed by atoms with Crippen molar-refractivity contribution in [2.24, 2.45) is 0 Å². The van der Waals surface area contributed by atoms with Crippen LogP contribution in [0.3, 0.4) is 0 Å². The summed E-state index contributed by atoms with van der Waals surface area (Å²) in [7, 11) is 1.33. The van der Waals surface area contributed by atoms with Crippen molar-refractivity contribution in [3.05, 3.63) is 40.7 Å². The van der Waals surface area contributed by atoms with Crippen LogP contribution in [0.4, 0.5) is 9.18 Å². The average Bonchev–Trinajstić information content (AvgIpc) is 2.44. The normalized spacial score (nSPS) is 10.2. The van der Waals surface area contributed by atoms with E-state index in [1.807, 2.05) is 5.32 Å². The molecule has 0 unspecified atom stereocenters. The molecule has 112 valence electrons. The molecular weight excluding hydrogens is 303 g/mol. The third kappa shape index (κ3) is 5.62. The molecule has 2 N–H and O–H groups in total. The number of hydrogen-bond donors (Lipinski definition) is 2. The lowest BCUT2D eigenvalue weighted by atomic mass is 10.2. The lowest BCUT2D eigenvalue weighted by molar-refractivity contribution is -0.143. The van der Waals surface area contributed by atoms with E-state index >= 15 is 0 Å². The van der Waals surface area contributed by atoms with E-state index in [-0.39, 0.29) is 10.6 Å². The number of urea groups is 1. The zero-order valence-corrected chi connectivity index (χ0v) is 11.7. The van der Waals surface area contributed by atoms with Crippen LogP contribution in [-0.2, 0) is 14.3 Å². The Labute approximate surface area is 124 Å². The number of ether oxygens (including phenoxy) is 1. The summed E-state index contributed by atoms with van der Waals surface area (Å²) in [5.74, 6) is -2.26. The Bertz CT molecular complexity index is 569. The first-order valence-electron chi connectivity index (χ1n) is 5.74. The van der Waals surface area contributed by atoms with Crippen molar-refractivity contribution in [1.82, 2.24) is 10.6 Å². The van der Waals surface area contributed by atoms with E-state index in [9.17, 15) is 18.8 Å².